The van der Waals surface area contributed by atoms with Gasteiger partial charge in [0.1, 0.15) is 11.9 Å². The van der Waals surface area contributed by atoms with E-state index in [1.807, 2.05) is 0 Å². The molecule has 4 saturated carbocycles. The molecule has 9 heteroatoms. The van der Waals surface area contributed by atoms with Crippen molar-refractivity contribution in [3.63, 3.8) is 0 Å². The van der Waals surface area contributed by atoms with E-state index in [9.17, 15) is 18.7 Å². The van der Waals surface area contributed by atoms with E-state index in [0.29, 0.717) is 35.6 Å². The van der Waals surface area contributed by atoms with Crippen molar-refractivity contribution in [2.45, 2.75) is 88.8 Å². The van der Waals surface area contributed by atoms with Gasteiger partial charge in [0, 0.05) is 48.1 Å². The van der Waals surface area contributed by atoms with Gasteiger partial charge in [-0.3, -0.25) is 4.79 Å². The number of ketones is 1. The zero-order valence-corrected chi connectivity index (χ0v) is 19.7. The molecule has 0 amide bonds. The number of nitrogens with zero attached hydrogens (tertiary/aromatic N) is 1. The number of aliphatic hydroxyl groups is 1. The van der Waals surface area contributed by atoms with E-state index in [0.717, 1.165) is 38.3 Å². The maximum absolute atomic E-state index is 13.0. The van der Waals surface area contributed by atoms with Crippen LogP contribution >= 0.6 is 11.6 Å². The lowest BCUT2D eigenvalue weighted by atomic mass is 9.32. The number of Topliss-reactive ketones (excluding diaryl/α,β-unsaturated/α-hetero) is 1. The summed E-state index contributed by atoms with van der Waals surface area (Å²) in [5.74, 6) is 0.748. The highest BCUT2D eigenvalue weighted by atomic mass is 35.5. The molecule has 3 atom stereocenters. The van der Waals surface area contributed by atoms with E-state index in [4.69, 9.17) is 25.9 Å². The van der Waals surface area contributed by atoms with Crippen molar-refractivity contribution in [1.29, 1.82) is 0 Å². The van der Waals surface area contributed by atoms with Gasteiger partial charge in [0.25, 0.3) is 0 Å². The zero-order chi connectivity index (χ0) is 23.9. The molecule has 2 bridgehead atoms. The third-order valence-corrected chi connectivity index (χ3v) is 8.66. The fourth-order valence-corrected chi connectivity index (χ4v) is 7.03. The third-order valence-electron chi connectivity index (χ3n) is 8.42. The van der Waals surface area contributed by atoms with Gasteiger partial charge < -0.3 is 19.4 Å². The quantitative estimate of drug-likeness (QED) is 0.562. The summed E-state index contributed by atoms with van der Waals surface area (Å²) < 4.78 is 36.6. The maximum atomic E-state index is 13.0. The van der Waals surface area contributed by atoms with Crippen molar-refractivity contribution < 1.29 is 33.0 Å². The molecule has 0 aromatic heterocycles. The minimum Gasteiger partial charge on any atom is -0.482 e. The molecule has 0 spiro atoms. The second-order valence-electron chi connectivity index (χ2n) is 11.2. The molecule has 1 unspecified atom stereocenters. The minimum absolute atomic E-state index is 0.00557. The highest BCUT2D eigenvalue weighted by Gasteiger charge is 2.71. The number of hydrogen-bond acceptors (Lipinski definition) is 6. The first-order valence-electron chi connectivity index (χ1n) is 12.0. The molecule has 6 nitrogen and oxygen atoms in total. The third kappa shape index (κ3) is 3.82. The molecule has 0 saturated heterocycles. The number of carbonyl (C=O) groups excluding carboxylic acids is 1. The van der Waals surface area contributed by atoms with Crippen molar-refractivity contribution in [2.24, 2.45) is 21.9 Å². The van der Waals surface area contributed by atoms with Crippen LogP contribution in [0.2, 0.25) is 5.02 Å². The van der Waals surface area contributed by atoms with E-state index in [1.54, 1.807) is 18.2 Å². The largest absolute Gasteiger partial charge is 0.482 e. The van der Waals surface area contributed by atoms with Gasteiger partial charge in [-0.1, -0.05) is 16.8 Å². The summed E-state index contributed by atoms with van der Waals surface area (Å²) in [7, 11) is 0. The van der Waals surface area contributed by atoms with Crippen molar-refractivity contribution in [3.05, 3.63) is 28.8 Å². The summed E-state index contributed by atoms with van der Waals surface area (Å²) in [6.45, 7) is 0.772. The van der Waals surface area contributed by atoms with Crippen molar-refractivity contribution in [2.75, 3.05) is 0 Å². The van der Waals surface area contributed by atoms with Gasteiger partial charge in [0.15, 0.2) is 11.9 Å². The summed E-state index contributed by atoms with van der Waals surface area (Å²) in [5.41, 5.74) is 1.71. The molecule has 2 aliphatic heterocycles. The van der Waals surface area contributed by atoms with E-state index in [2.05, 4.69) is 5.16 Å². The molecule has 7 rings (SSSR count). The fourth-order valence-electron chi connectivity index (χ4n) is 6.85. The fraction of sp³-hybridized carbons (Fsp3) is 0.680. The topological polar surface area (TPSA) is 77.4 Å². The van der Waals surface area contributed by atoms with E-state index in [-0.39, 0.29) is 35.1 Å². The molecular weight excluding hydrogens is 468 g/mol. The zero-order valence-electron chi connectivity index (χ0n) is 18.9. The van der Waals surface area contributed by atoms with E-state index < -0.39 is 24.4 Å². The van der Waals surface area contributed by atoms with Crippen LogP contribution in [0.25, 0.3) is 0 Å². The standard InChI is InChI=1S/C25H28ClF2NO5/c1-23(27,28)33-15-4-13(5-15)20-8-22(29-34-20)25-10-24(11-25,12-25)9-18(31)21-7-17(30)16-6-14(26)2-3-19(16)32-21/h2-3,6,13,15,17,20-21,30H,4-5,7-12H2,1H3/t13?,15?,17-,20?,21+,24?,25?/m1/s1. The second-order valence-corrected chi connectivity index (χ2v) is 11.6. The Bertz CT molecular complexity index is 1030. The molecule has 184 valence electrons. The lowest BCUT2D eigenvalue weighted by Crippen LogP contribution is -2.66. The van der Waals surface area contributed by atoms with Crippen LogP contribution in [-0.2, 0) is 14.4 Å². The molecule has 0 radical (unpaired) electrons. The van der Waals surface area contributed by atoms with Crippen LogP contribution in [0.15, 0.2) is 23.4 Å². The van der Waals surface area contributed by atoms with Crippen LogP contribution in [-0.4, -0.2) is 41.0 Å². The highest BCUT2D eigenvalue weighted by Crippen LogP contribution is 2.76. The van der Waals surface area contributed by atoms with Crippen molar-refractivity contribution in [3.8, 4) is 5.75 Å². The van der Waals surface area contributed by atoms with E-state index >= 15 is 0 Å². The molecule has 1 aromatic rings. The van der Waals surface area contributed by atoms with Crippen LogP contribution in [0.4, 0.5) is 8.78 Å². The maximum Gasteiger partial charge on any atom is 0.353 e. The Morgan fingerprint density at radius 1 is 1.29 bits per heavy atom. The van der Waals surface area contributed by atoms with Crippen molar-refractivity contribution >= 4 is 23.1 Å². The second kappa shape index (κ2) is 7.61. The monoisotopic (exact) mass is 495 g/mol. The average molecular weight is 496 g/mol. The first-order valence-corrected chi connectivity index (χ1v) is 12.4. The number of halogens is 3. The molecule has 6 aliphatic rings. The van der Waals surface area contributed by atoms with Gasteiger partial charge in [0.2, 0.25) is 0 Å². The average Bonchev–Trinajstić information content (AvgIpc) is 3.14. The summed E-state index contributed by atoms with van der Waals surface area (Å²) in [4.78, 5) is 18.7. The Labute approximate surface area is 201 Å². The summed E-state index contributed by atoms with van der Waals surface area (Å²) in [6, 6.07) is 5.08. The Hall–Kier alpha value is -1.77. The van der Waals surface area contributed by atoms with Crippen LogP contribution < -0.4 is 4.74 Å². The van der Waals surface area contributed by atoms with Crippen molar-refractivity contribution in [1.82, 2.24) is 0 Å². The number of benzene rings is 1. The minimum atomic E-state index is -3.09. The lowest BCUT2D eigenvalue weighted by Gasteiger charge is -2.70. The summed E-state index contributed by atoms with van der Waals surface area (Å²) >= 11 is 6.01. The van der Waals surface area contributed by atoms with Crippen LogP contribution in [0.1, 0.15) is 70.0 Å². The highest BCUT2D eigenvalue weighted by molar-refractivity contribution is 6.30. The Morgan fingerprint density at radius 2 is 2.03 bits per heavy atom. The van der Waals surface area contributed by atoms with Gasteiger partial charge in [-0.2, -0.15) is 8.78 Å². The SMILES string of the molecule is CC(F)(F)OC1CC(C2CC(C34CC(CC(=O)[C@@H]5C[C@@H](O)c6cc(Cl)ccc6O5)(C3)C4)=NO2)C1. The van der Waals surface area contributed by atoms with Gasteiger partial charge in [0.05, 0.1) is 17.9 Å². The molecule has 1 N–H and O–H groups in total. The van der Waals surface area contributed by atoms with Crippen LogP contribution in [0.5, 0.6) is 5.75 Å². The van der Waals surface area contributed by atoms with E-state index in [1.165, 1.54) is 0 Å². The predicted octanol–water partition coefficient (Wildman–Crippen LogP) is 5.21. The summed E-state index contributed by atoms with van der Waals surface area (Å²) in [6.07, 6.45) is 0.351. The number of fused-ring (bicyclic) bond motifs is 1. The first-order chi connectivity index (χ1) is 16.0. The smallest absolute Gasteiger partial charge is 0.353 e. The summed E-state index contributed by atoms with van der Waals surface area (Å²) in [5, 5.41) is 15.4. The van der Waals surface area contributed by atoms with Crippen LogP contribution in [0, 0.1) is 16.7 Å². The molecule has 1 aromatic carbocycles. The molecule has 34 heavy (non-hydrogen) atoms. The van der Waals surface area contributed by atoms with Crippen LogP contribution in [0.3, 0.4) is 0 Å². The van der Waals surface area contributed by atoms with Gasteiger partial charge in [-0.05, 0) is 55.7 Å². The molecule has 2 heterocycles. The number of aliphatic hydroxyl groups excluding tert-OH is 1. The normalized spacial score (nSPS) is 40.0. The number of ether oxygens (including phenoxy) is 2. The number of alkyl halides is 2. The number of hydrogen-bond donors (Lipinski definition) is 1. The van der Waals surface area contributed by atoms with Gasteiger partial charge >= 0.3 is 6.11 Å². The predicted molar refractivity (Wildman–Crippen MR) is 119 cm³/mol. The lowest BCUT2D eigenvalue weighted by molar-refractivity contribution is -0.272. The Morgan fingerprint density at radius 3 is 2.74 bits per heavy atom. The molecule has 4 fully saturated rings. The number of rotatable bonds is 7. The number of carbonyl (C=O) groups is 1. The number of oxime groups is 1. The van der Waals surface area contributed by atoms with Gasteiger partial charge in [-0.25, -0.2) is 0 Å². The molecular formula is C25H28ClF2NO5. The first kappa shape index (κ1) is 22.7. The van der Waals surface area contributed by atoms with Gasteiger partial charge in [-0.15, -0.1) is 0 Å². The molecule has 4 aliphatic carbocycles. The Kier molecular flexibility index (Phi) is 5.08. The Balaban J connectivity index is 0.988.